The Hall–Kier alpha value is -4.19. The minimum Gasteiger partial charge on any atom is -0.508 e. The number of halogens is 2. The summed E-state index contributed by atoms with van der Waals surface area (Å²) in [5.74, 6) is 0.179. The largest absolute Gasteiger partial charge is 0.508 e. The third kappa shape index (κ3) is 2.52. The van der Waals surface area contributed by atoms with Crippen molar-refractivity contribution < 1.29 is 28.5 Å². The number of phenols is 2. The number of carbonyl (C=O) groups is 1. The summed E-state index contributed by atoms with van der Waals surface area (Å²) in [4.78, 5) is 11.5. The van der Waals surface area contributed by atoms with E-state index < -0.39 is 12.0 Å². The third-order valence-electron chi connectivity index (χ3n) is 6.60. The van der Waals surface area contributed by atoms with Crippen LogP contribution in [0.15, 0.2) is 72.8 Å². The molecule has 6 rings (SSSR count). The Labute approximate surface area is 187 Å². The molecule has 0 amide bonds. The Bertz CT molecular complexity index is 1420. The Morgan fingerprint density at radius 1 is 0.697 bits per heavy atom. The first-order valence-electron chi connectivity index (χ1n) is 10.3. The van der Waals surface area contributed by atoms with Crippen LogP contribution in [0, 0.1) is 0 Å². The van der Waals surface area contributed by atoms with Gasteiger partial charge >= 0.3 is 6.61 Å². The molecule has 6 heteroatoms. The van der Waals surface area contributed by atoms with Gasteiger partial charge in [-0.3, -0.25) is 4.79 Å². The van der Waals surface area contributed by atoms with Crippen molar-refractivity contribution >= 4 is 6.29 Å². The fourth-order valence-electron chi connectivity index (χ4n) is 5.46. The summed E-state index contributed by atoms with van der Waals surface area (Å²) in [6.07, 6.45) is 0.735. The molecule has 2 aliphatic carbocycles. The van der Waals surface area contributed by atoms with Crippen LogP contribution in [-0.4, -0.2) is 23.1 Å². The van der Waals surface area contributed by atoms with Crippen molar-refractivity contribution in [3.63, 3.8) is 0 Å². The second-order valence-electron chi connectivity index (χ2n) is 8.22. The molecule has 0 fully saturated rings. The van der Waals surface area contributed by atoms with Crippen LogP contribution >= 0.6 is 0 Å². The van der Waals surface area contributed by atoms with Gasteiger partial charge < -0.3 is 14.9 Å². The van der Waals surface area contributed by atoms with E-state index in [1.54, 1.807) is 48.5 Å². The Morgan fingerprint density at radius 2 is 1.27 bits per heavy atom. The zero-order valence-corrected chi connectivity index (χ0v) is 17.0. The minimum atomic E-state index is -2.97. The molecular weight excluding hydrogens is 426 g/mol. The number of aromatic hydroxyl groups is 2. The van der Waals surface area contributed by atoms with E-state index in [-0.39, 0.29) is 17.2 Å². The first-order valence-corrected chi connectivity index (χ1v) is 10.3. The zero-order chi connectivity index (χ0) is 22.9. The predicted octanol–water partition coefficient (Wildman–Crippen LogP) is 5.86. The third-order valence-corrected chi connectivity index (χ3v) is 6.60. The van der Waals surface area contributed by atoms with Crippen LogP contribution in [0.4, 0.5) is 8.78 Å². The number of ether oxygens (including phenoxy) is 1. The molecule has 4 nitrogen and oxygen atoms in total. The van der Waals surface area contributed by atoms with E-state index in [2.05, 4.69) is 4.74 Å². The fraction of sp³-hybridized carbons (Fsp3) is 0.0741. The summed E-state index contributed by atoms with van der Waals surface area (Å²) in [5.41, 5.74) is 5.93. The molecule has 0 heterocycles. The molecule has 0 radical (unpaired) electrons. The summed E-state index contributed by atoms with van der Waals surface area (Å²) in [5, 5.41) is 20.8. The van der Waals surface area contributed by atoms with E-state index in [9.17, 15) is 23.8 Å². The van der Waals surface area contributed by atoms with Crippen molar-refractivity contribution in [2.75, 3.05) is 0 Å². The Balaban J connectivity index is 1.77. The maximum atomic E-state index is 12.9. The SMILES string of the molecule is O=Cc1ccc2c(c1)-c1cc(OC(F)F)ccc1C21c2cc(O)ccc2-c2ccc(O)cc21. The van der Waals surface area contributed by atoms with Gasteiger partial charge in [0.1, 0.15) is 23.5 Å². The van der Waals surface area contributed by atoms with E-state index in [0.717, 1.165) is 39.7 Å². The van der Waals surface area contributed by atoms with E-state index in [1.165, 1.54) is 6.07 Å². The van der Waals surface area contributed by atoms with Crippen molar-refractivity contribution in [3.05, 3.63) is 101 Å². The molecule has 33 heavy (non-hydrogen) atoms. The lowest BCUT2D eigenvalue weighted by Crippen LogP contribution is -2.25. The van der Waals surface area contributed by atoms with E-state index >= 15 is 0 Å². The maximum absolute atomic E-state index is 12.9. The monoisotopic (exact) mass is 442 g/mol. The van der Waals surface area contributed by atoms with E-state index in [0.29, 0.717) is 16.7 Å². The van der Waals surface area contributed by atoms with Gasteiger partial charge in [-0.25, -0.2) is 0 Å². The topological polar surface area (TPSA) is 66.8 Å². The lowest BCUT2D eigenvalue weighted by atomic mass is 9.70. The first-order chi connectivity index (χ1) is 15.9. The van der Waals surface area contributed by atoms with Crippen LogP contribution < -0.4 is 4.74 Å². The molecule has 0 saturated carbocycles. The van der Waals surface area contributed by atoms with Crippen molar-refractivity contribution in [1.29, 1.82) is 0 Å². The Morgan fingerprint density at radius 3 is 1.85 bits per heavy atom. The summed E-state index contributed by atoms with van der Waals surface area (Å²) in [6.45, 7) is -2.97. The molecule has 0 unspecified atom stereocenters. The summed E-state index contributed by atoms with van der Waals surface area (Å²) in [6, 6.07) is 20.3. The number of alkyl halides is 2. The average molecular weight is 442 g/mol. The second kappa shape index (κ2) is 6.65. The first kappa shape index (κ1) is 19.5. The summed E-state index contributed by atoms with van der Waals surface area (Å²) < 4.78 is 30.5. The van der Waals surface area contributed by atoms with Crippen LogP contribution in [0.1, 0.15) is 32.6 Å². The minimum absolute atomic E-state index is 0.00789. The highest BCUT2D eigenvalue weighted by molar-refractivity contribution is 5.97. The Kier molecular flexibility index (Phi) is 3.93. The van der Waals surface area contributed by atoms with Gasteiger partial charge in [0.2, 0.25) is 0 Å². The predicted molar refractivity (Wildman–Crippen MR) is 118 cm³/mol. The van der Waals surface area contributed by atoms with Crippen LogP contribution in [0.5, 0.6) is 17.2 Å². The number of hydrogen-bond acceptors (Lipinski definition) is 4. The van der Waals surface area contributed by atoms with Gasteiger partial charge in [0.15, 0.2) is 0 Å². The molecule has 2 aliphatic rings. The normalized spacial score (nSPS) is 14.0. The number of fused-ring (bicyclic) bond motifs is 10. The smallest absolute Gasteiger partial charge is 0.387 e. The summed E-state index contributed by atoms with van der Waals surface area (Å²) in [7, 11) is 0. The number of hydrogen-bond donors (Lipinski definition) is 2. The highest BCUT2D eigenvalue weighted by Crippen LogP contribution is 2.63. The lowest BCUT2D eigenvalue weighted by molar-refractivity contribution is -0.0498. The molecule has 0 atom stereocenters. The molecule has 0 aromatic heterocycles. The van der Waals surface area contributed by atoms with Gasteiger partial charge in [0.25, 0.3) is 0 Å². The van der Waals surface area contributed by atoms with Gasteiger partial charge in [-0.15, -0.1) is 0 Å². The number of rotatable bonds is 3. The molecule has 4 aromatic rings. The van der Waals surface area contributed by atoms with Gasteiger partial charge in [-0.1, -0.05) is 30.3 Å². The quantitative estimate of drug-likeness (QED) is 0.337. The molecule has 1 spiro atoms. The second-order valence-corrected chi connectivity index (χ2v) is 8.22. The van der Waals surface area contributed by atoms with Crippen molar-refractivity contribution in [2.45, 2.75) is 12.0 Å². The van der Waals surface area contributed by atoms with Gasteiger partial charge in [-0.05, 0) is 87.0 Å². The van der Waals surface area contributed by atoms with Gasteiger partial charge in [-0.2, -0.15) is 8.78 Å². The van der Waals surface area contributed by atoms with Gasteiger partial charge in [0.05, 0.1) is 5.41 Å². The number of benzene rings is 4. The van der Waals surface area contributed by atoms with Gasteiger partial charge in [0, 0.05) is 5.56 Å². The number of carbonyl (C=O) groups excluding carboxylic acids is 1. The lowest BCUT2D eigenvalue weighted by Gasteiger charge is -2.30. The highest BCUT2D eigenvalue weighted by atomic mass is 19.3. The number of phenolic OH excluding ortho intramolecular Hbond substituents is 2. The molecule has 0 bridgehead atoms. The van der Waals surface area contributed by atoms with Crippen LogP contribution in [0.2, 0.25) is 0 Å². The maximum Gasteiger partial charge on any atom is 0.387 e. The molecular formula is C27H16F2O4. The molecule has 0 saturated heterocycles. The molecule has 2 N–H and O–H groups in total. The van der Waals surface area contributed by atoms with Crippen molar-refractivity contribution in [3.8, 4) is 39.5 Å². The van der Waals surface area contributed by atoms with E-state index in [4.69, 9.17) is 0 Å². The fourth-order valence-corrected chi connectivity index (χ4v) is 5.46. The van der Waals surface area contributed by atoms with Crippen molar-refractivity contribution in [1.82, 2.24) is 0 Å². The van der Waals surface area contributed by atoms with Crippen LogP contribution in [0.25, 0.3) is 22.3 Å². The molecule has 0 aliphatic heterocycles. The highest BCUT2D eigenvalue weighted by Gasteiger charge is 2.52. The zero-order valence-electron chi connectivity index (χ0n) is 17.0. The van der Waals surface area contributed by atoms with E-state index in [1.807, 2.05) is 18.2 Å². The standard InChI is InChI=1S/C27H16F2O4/c28-26(29)33-17-4-8-23-21(12-17)20-9-14(13-30)1-7-22(20)27(23)24-10-15(31)2-5-18(24)19-6-3-16(32)11-25(19)27/h1-13,26,31-32H. The average Bonchev–Trinajstić information content (AvgIpc) is 3.23. The number of aldehydes is 1. The summed E-state index contributed by atoms with van der Waals surface area (Å²) >= 11 is 0. The van der Waals surface area contributed by atoms with Crippen LogP contribution in [0.3, 0.4) is 0 Å². The van der Waals surface area contributed by atoms with Crippen LogP contribution in [-0.2, 0) is 5.41 Å². The molecule has 4 aromatic carbocycles. The van der Waals surface area contributed by atoms with Crippen molar-refractivity contribution in [2.24, 2.45) is 0 Å². The molecule has 162 valence electrons.